The average molecular weight is 314 g/mol. The topological polar surface area (TPSA) is 67.9 Å². The first-order chi connectivity index (χ1) is 10.5. The van der Waals surface area contributed by atoms with Gasteiger partial charge in [-0.1, -0.05) is 0 Å². The van der Waals surface area contributed by atoms with Crippen molar-refractivity contribution in [3.8, 4) is 0 Å². The summed E-state index contributed by atoms with van der Waals surface area (Å²) in [6, 6.07) is 2.20. The van der Waals surface area contributed by atoms with Gasteiger partial charge in [-0.2, -0.15) is 0 Å². The SMILES string of the molecule is COC(=O)CNC(=O)c1c(F)cc(N2CCOCC2)cc1F. The molecule has 0 spiro atoms. The second-order valence-electron chi connectivity index (χ2n) is 4.64. The molecule has 1 N–H and O–H groups in total. The van der Waals surface area contributed by atoms with E-state index in [1.165, 1.54) is 0 Å². The number of nitrogens with one attached hydrogen (secondary N) is 1. The van der Waals surface area contributed by atoms with E-state index in [0.717, 1.165) is 19.2 Å². The first kappa shape index (κ1) is 16.2. The monoisotopic (exact) mass is 314 g/mol. The summed E-state index contributed by atoms with van der Waals surface area (Å²) in [5.74, 6) is -3.68. The van der Waals surface area contributed by atoms with Crippen molar-refractivity contribution in [3.05, 3.63) is 29.3 Å². The standard InChI is InChI=1S/C14H16F2N2O4/c1-21-12(19)8-17-14(20)13-10(15)6-9(7-11(13)16)18-2-4-22-5-3-18/h6-7H,2-5,8H2,1H3,(H,17,20). The average Bonchev–Trinajstić information content (AvgIpc) is 2.52. The predicted molar refractivity (Wildman–Crippen MR) is 73.7 cm³/mol. The normalized spacial score (nSPS) is 14.6. The Hall–Kier alpha value is -2.22. The smallest absolute Gasteiger partial charge is 0.325 e. The highest BCUT2D eigenvalue weighted by Gasteiger charge is 2.21. The van der Waals surface area contributed by atoms with E-state index >= 15 is 0 Å². The Labute approximate surface area is 126 Å². The second kappa shape index (κ2) is 7.17. The van der Waals surface area contributed by atoms with E-state index in [9.17, 15) is 18.4 Å². The molecule has 1 aliphatic heterocycles. The number of anilines is 1. The lowest BCUT2D eigenvalue weighted by atomic mass is 10.1. The van der Waals surface area contributed by atoms with E-state index in [1.54, 1.807) is 4.90 Å². The minimum Gasteiger partial charge on any atom is -0.468 e. The minimum atomic E-state index is -1.01. The lowest BCUT2D eigenvalue weighted by molar-refractivity contribution is -0.139. The highest BCUT2D eigenvalue weighted by Crippen LogP contribution is 2.23. The lowest BCUT2D eigenvalue weighted by Crippen LogP contribution is -2.36. The molecule has 1 aromatic carbocycles. The zero-order chi connectivity index (χ0) is 16.1. The van der Waals surface area contributed by atoms with Crippen LogP contribution in [0, 0.1) is 11.6 Å². The van der Waals surface area contributed by atoms with Crippen LogP contribution in [-0.4, -0.2) is 51.8 Å². The molecule has 0 aliphatic carbocycles. The summed E-state index contributed by atoms with van der Waals surface area (Å²) >= 11 is 0. The quantitative estimate of drug-likeness (QED) is 0.829. The van der Waals surface area contributed by atoms with Gasteiger partial charge in [0.2, 0.25) is 0 Å². The molecule has 0 atom stereocenters. The third-order valence-electron chi connectivity index (χ3n) is 3.25. The van der Waals surface area contributed by atoms with Crippen LogP contribution in [0.15, 0.2) is 12.1 Å². The summed E-state index contributed by atoms with van der Waals surface area (Å²) in [7, 11) is 1.15. The molecular weight excluding hydrogens is 298 g/mol. The molecule has 1 fully saturated rings. The maximum atomic E-state index is 14.0. The summed E-state index contributed by atoms with van der Waals surface area (Å²) in [4.78, 5) is 24.5. The number of carbonyl (C=O) groups excluding carboxylic acids is 2. The third kappa shape index (κ3) is 3.70. The number of amides is 1. The number of ether oxygens (including phenoxy) is 2. The summed E-state index contributed by atoms with van der Waals surface area (Å²) < 4.78 is 37.6. The van der Waals surface area contributed by atoms with E-state index < -0.39 is 35.6 Å². The fourth-order valence-corrected chi connectivity index (χ4v) is 2.09. The Morgan fingerprint density at radius 3 is 2.41 bits per heavy atom. The van der Waals surface area contributed by atoms with Gasteiger partial charge in [0.05, 0.1) is 20.3 Å². The van der Waals surface area contributed by atoms with Crippen molar-refractivity contribution in [2.24, 2.45) is 0 Å². The van der Waals surface area contributed by atoms with Gasteiger partial charge in [0.25, 0.3) is 5.91 Å². The van der Waals surface area contributed by atoms with Crippen molar-refractivity contribution in [2.75, 3.05) is 44.9 Å². The molecule has 1 saturated heterocycles. The Morgan fingerprint density at radius 2 is 1.86 bits per heavy atom. The number of morpholine rings is 1. The minimum absolute atomic E-state index is 0.350. The van der Waals surface area contributed by atoms with Crippen molar-refractivity contribution in [1.82, 2.24) is 5.32 Å². The molecule has 1 amide bonds. The number of hydrogen-bond acceptors (Lipinski definition) is 5. The number of hydrogen-bond donors (Lipinski definition) is 1. The predicted octanol–water partition coefficient (Wildman–Crippen LogP) is 0.704. The van der Waals surface area contributed by atoms with Gasteiger partial charge in [-0.3, -0.25) is 9.59 Å². The Morgan fingerprint density at radius 1 is 1.27 bits per heavy atom. The molecule has 1 aromatic rings. The summed E-state index contributed by atoms with van der Waals surface area (Å²) in [6.45, 7) is 1.54. The van der Waals surface area contributed by atoms with Gasteiger partial charge in [-0.25, -0.2) is 8.78 Å². The van der Waals surface area contributed by atoms with E-state index in [0.29, 0.717) is 32.0 Å². The van der Waals surface area contributed by atoms with Gasteiger partial charge in [0, 0.05) is 18.8 Å². The fraction of sp³-hybridized carbons (Fsp3) is 0.429. The summed E-state index contributed by atoms with van der Waals surface area (Å²) in [6.07, 6.45) is 0. The molecule has 0 aromatic heterocycles. The van der Waals surface area contributed by atoms with Crippen LogP contribution in [0.3, 0.4) is 0 Å². The molecule has 0 saturated carbocycles. The van der Waals surface area contributed by atoms with Crippen molar-refractivity contribution in [1.29, 1.82) is 0 Å². The Bertz CT molecular complexity index is 551. The van der Waals surface area contributed by atoms with Crippen molar-refractivity contribution in [2.45, 2.75) is 0 Å². The highest BCUT2D eigenvalue weighted by atomic mass is 19.1. The molecule has 1 aliphatic rings. The molecule has 8 heteroatoms. The van der Waals surface area contributed by atoms with Crippen LogP contribution in [0.5, 0.6) is 0 Å². The summed E-state index contributed by atoms with van der Waals surface area (Å²) in [5.41, 5.74) is -0.372. The summed E-state index contributed by atoms with van der Waals surface area (Å²) in [5, 5.41) is 2.10. The van der Waals surface area contributed by atoms with Crippen LogP contribution in [0.2, 0.25) is 0 Å². The van der Waals surface area contributed by atoms with Crippen LogP contribution in [0.25, 0.3) is 0 Å². The van der Waals surface area contributed by atoms with Crippen molar-refractivity contribution in [3.63, 3.8) is 0 Å². The van der Waals surface area contributed by atoms with Crippen molar-refractivity contribution < 1.29 is 27.8 Å². The molecule has 0 bridgehead atoms. The van der Waals surface area contributed by atoms with Crippen LogP contribution in [0.4, 0.5) is 14.5 Å². The van der Waals surface area contributed by atoms with Crippen LogP contribution in [0.1, 0.15) is 10.4 Å². The number of rotatable bonds is 4. The zero-order valence-electron chi connectivity index (χ0n) is 12.0. The van der Waals surface area contributed by atoms with E-state index in [4.69, 9.17) is 4.74 Å². The van der Waals surface area contributed by atoms with Crippen molar-refractivity contribution >= 4 is 17.6 Å². The number of esters is 1. The van der Waals surface area contributed by atoms with Gasteiger partial charge in [0.1, 0.15) is 23.7 Å². The van der Waals surface area contributed by atoms with Crippen LogP contribution < -0.4 is 10.2 Å². The van der Waals surface area contributed by atoms with E-state index in [1.807, 2.05) is 0 Å². The fourth-order valence-electron chi connectivity index (χ4n) is 2.09. The number of benzene rings is 1. The van der Waals surface area contributed by atoms with Gasteiger partial charge in [-0.15, -0.1) is 0 Å². The molecule has 2 rings (SSSR count). The number of nitrogens with zero attached hydrogens (tertiary/aromatic N) is 1. The Balaban J connectivity index is 2.15. The molecule has 1 heterocycles. The van der Waals surface area contributed by atoms with E-state index in [-0.39, 0.29) is 0 Å². The van der Waals surface area contributed by atoms with E-state index in [2.05, 4.69) is 10.1 Å². The lowest BCUT2D eigenvalue weighted by Gasteiger charge is -2.29. The first-order valence-electron chi connectivity index (χ1n) is 6.69. The highest BCUT2D eigenvalue weighted by molar-refractivity contribution is 5.96. The Kier molecular flexibility index (Phi) is 5.26. The molecular formula is C14H16F2N2O4. The maximum absolute atomic E-state index is 14.0. The first-order valence-corrected chi connectivity index (χ1v) is 6.69. The number of methoxy groups -OCH3 is 1. The number of carbonyl (C=O) groups is 2. The molecule has 22 heavy (non-hydrogen) atoms. The van der Waals surface area contributed by atoms with Crippen LogP contribution >= 0.6 is 0 Å². The molecule has 0 unspecified atom stereocenters. The van der Waals surface area contributed by atoms with Gasteiger partial charge in [0.15, 0.2) is 0 Å². The van der Waals surface area contributed by atoms with Gasteiger partial charge < -0.3 is 19.7 Å². The van der Waals surface area contributed by atoms with Gasteiger partial charge in [-0.05, 0) is 12.1 Å². The zero-order valence-corrected chi connectivity index (χ0v) is 12.0. The third-order valence-corrected chi connectivity index (χ3v) is 3.25. The molecule has 120 valence electrons. The van der Waals surface area contributed by atoms with Crippen LogP contribution in [-0.2, 0) is 14.3 Å². The maximum Gasteiger partial charge on any atom is 0.325 e. The van der Waals surface area contributed by atoms with Gasteiger partial charge >= 0.3 is 5.97 Å². The second-order valence-corrected chi connectivity index (χ2v) is 4.64. The molecule has 0 radical (unpaired) electrons. The molecule has 6 nitrogen and oxygen atoms in total. The number of halogens is 2. The largest absolute Gasteiger partial charge is 0.468 e.